The van der Waals surface area contributed by atoms with Crippen molar-refractivity contribution < 1.29 is 16.8 Å². The smallest absolute Gasteiger partial charge is 0.243 e. The van der Waals surface area contributed by atoms with E-state index in [9.17, 15) is 16.8 Å². The summed E-state index contributed by atoms with van der Waals surface area (Å²) in [6, 6.07) is 5.60. The topological polar surface area (TPSA) is 83.6 Å². The maximum atomic E-state index is 12.6. The lowest BCUT2D eigenvalue weighted by atomic mass is 10.2. The van der Waals surface area contributed by atoms with Crippen LogP contribution >= 0.6 is 0 Å². The van der Waals surface area contributed by atoms with Crippen LogP contribution in [0.1, 0.15) is 26.7 Å². The molecular weight excluding hydrogens is 336 g/mol. The number of benzene rings is 1. The minimum absolute atomic E-state index is 0.130. The zero-order valence-corrected chi connectivity index (χ0v) is 15.2. The van der Waals surface area contributed by atoms with Crippen LogP contribution in [0, 0.1) is 0 Å². The standard InChI is InChI=1S/C15H24N2O4S2/c1-3-17(4-2)23(20,21)15-7-5-13(6-8-15)22(18,19)14-9-11-16-12-10-14/h5-8,14,16H,3-4,9-12H2,1-2H3. The zero-order chi connectivity index (χ0) is 17.1. The predicted molar refractivity (Wildman–Crippen MR) is 89.6 cm³/mol. The van der Waals surface area contributed by atoms with Gasteiger partial charge in [0, 0.05) is 13.1 Å². The molecule has 6 nitrogen and oxygen atoms in total. The minimum atomic E-state index is -3.56. The first-order chi connectivity index (χ1) is 10.8. The monoisotopic (exact) mass is 360 g/mol. The second-order valence-corrected chi connectivity index (χ2v) is 9.72. The average Bonchev–Trinajstić information content (AvgIpc) is 2.56. The molecule has 0 aliphatic carbocycles. The summed E-state index contributed by atoms with van der Waals surface area (Å²) in [6.07, 6.45) is 1.17. The third-order valence-electron chi connectivity index (χ3n) is 4.22. The van der Waals surface area contributed by atoms with Gasteiger partial charge in [-0.3, -0.25) is 0 Å². The fraction of sp³-hybridized carbons (Fsp3) is 0.600. The molecule has 0 unspecified atom stereocenters. The van der Waals surface area contributed by atoms with Gasteiger partial charge in [-0.05, 0) is 50.2 Å². The Hall–Kier alpha value is -0.960. The molecule has 2 rings (SSSR count). The van der Waals surface area contributed by atoms with E-state index in [0.29, 0.717) is 39.0 Å². The molecule has 1 aromatic rings. The first kappa shape index (κ1) is 18.4. The molecule has 23 heavy (non-hydrogen) atoms. The van der Waals surface area contributed by atoms with E-state index in [4.69, 9.17) is 0 Å². The second kappa shape index (κ2) is 7.29. The van der Waals surface area contributed by atoms with Crippen molar-refractivity contribution in [2.45, 2.75) is 41.7 Å². The Labute approximate surface area is 138 Å². The fourth-order valence-corrected chi connectivity index (χ4v) is 6.03. The van der Waals surface area contributed by atoms with E-state index < -0.39 is 25.1 Å². The molecule has 0 atom stereocenters. The van der Waals surface area contributed by atoms with Crippen LogP contribution in [-0.4, -0.2) is 52.6 Å². The fourth-order valence-electron chi connectivity index (χ4n) is 2.81. The van der Waals surface area contributed by atoms with Crippen LogP contribution in [0.4, 0.5) is 0 Å². The third kappa shape index (κ3) is 3.76. The number of nitrogens with zero attached hydrogens (tertiary/aromatic N) is 1. The average molecular weight is 361 g/mol. The molecule has 1 saturated heterocycles. The molecule has 0 amide bonds. The Kier molecular flexibility index (Phi) is 5.83. The lowest BCUT2D eigenvalue weighted by Crippen LogP contribution is -2.35. The van der Waals surface area contributed by atoms with Crippen LogP contribution in [0.3, 0.4) is 0 Å². The molecule has 1 aliphatic rings. The van der Waals surface area contributed by atoms with E-state index in [1.807, 2.05) is 0 Å². The quantitative estimate of drug-likeness (QED) is 0.825. The summed E-state index contributed by atoms with van der Waals surface area (Å²) >= 11 is 0. The van der Waals surface area contributed by atoms with E-state index in [-0.39, 0.29) is 9.79 Å². The summed E-state index contributed by atoms with van der Waals surface area (Å²) in [5, 5.41) is 2.75. The van der Waals surface area contributed by atoms with Gasteiger partial charge in [0.05, 0.1) is 15.0 Å². The molecular formula is C15H24N2O4S2. The van der Waals surface area contributed by atoms with Crippen molar-refractivity contribution in [3.8, 4) is 0 Å². The number of hydrogen-bond acceptors (Lipinski definition) is 5. The highest BCUT2D eigenvalue weighted by atomic mass is 32.2. The molecule has 1 fully saturated rings. The molecule has 0 radical (unpaired) electrons. The van der Waals surface area contributed by atoms with Crippen molar-refractivity contribution in [1.82, 2.24) is 9.62 Å². The summed E-state index contributed by atoms with van der Waals surface area (Å²) in [5.74, 6) is 0. The van der Waals surface area contributed by atoms with Crippen molar-refractivity contribution in [3.63, 3.8) is 0 Å². The molecule has 1 aliphatic heterocycles. The van der Waals surface area contributed by atoms with Gasteiger partial charge in [0.15, 0.2) is 9.84 Å². The highest BCUT2D eigenvalue weighted by Gasteiger charge is 2.29. The summed E-state index contributed by atoms with van der Waals surface area (Å²) in [7, 11) is -6.96. The minimum Gasteiger partial charge on any atom is -0.317 e. The lowest BCUT2D eigenvalue weighted by Gasteiger charge is -2.23. The molecule has 0 aromatic heterocycles. The lowest BCUT2D eigenvalue weighted by molar-refractivity contribution is 0.445. The molecule has 0 spiro atoms. The van der Waals surface area contributed by atoms with Gasteiger partial charge in [0.25, 0.3) is 0 Å². The first-order valence-electron chi connectivity index (χ1n) is 7.88. The van der Waals surface area contributed by atoms with Gasteiger partial charge in [-0.2, -0.15) is 4.31 Å². The Morgan fingerprint density at radius 2 is 1.43 bits per heavy atom. The van der Waals surface area contributed by atoms with Gasteiger partial charge in [-0.25, -0.2) is 16.8 Å². The largest absolute Gasteiger partial charge is 0.317 e. The number of piperidine rings is 1. The highest BCUT2D eigenvalue weighted by molar-refractivity contribution is 7.92. The molecule has 1 heterocycles. The summed E-state index contributed by atoms with van der Waals surface area (Å²) in [5.41, 5.74) is 0. The molecule has 8 heteroatoms. The Balaban J connectivity index is 2.29. The maximum absolute atomic E-state index is 12.6. The van der Waals surface area contributed by atoms with E-state index in [2.05, 4.69) is 5.32 Å². The van der Waals surface area contributed by atoms with Gasteiger partial charge >= 0.3 is 0 Å². The van der Waals surface area contributed by atoms with E-state index in [1.54, 1.807) is 13.8 Å². The van der Waals surface area contributed by atoms with Crippen molar-refractivity contribution in [1.29, 1.82) is 0 Å². The van der Waals surface area contributed by atoms with Gasteiger partial charge < -0.3 is 5.32 Å². The SMILES string of the molecule is CCN(CC)S(=O)(=O)c1ccc(S(=O)(=O)C2CCNCC2)cc1. The van der Waals surface area contributed by atoms with Crippen LogP contribution in [-0.2, 0) is 19.9 Å². The molecule has 130 valence electrons. The molecule has 0 saturated carbocycles. The zero-order valence-electron chi connectivity index (χ0n) is 13.5. The van der Waals surface area contributed by atoms with Crippen molar-refractivity contribution >= 4 is 19.9 Å². The van der Waals surface area contributed by atoms with Crippen molar-refractivity contribution in [2.75, 3.05) is 26.2 Å². The van der Waals surface area contributed by atoms with Gasteiger partial charge in [0.2, 0.25) is 10.0 Å². The highest BCUT2D eigenvalue weighted by Crippen LogP contribution is 2.24. The van der Waals surface area contributed by atoms with Crippen LogP contribution in [0.2, 0.25) is 0 Å². The summed E-state index contributed by atoms with van der Waals surface area (Å²) in [4.78, 5) is 0.327. The Bertz CT molecular complexity index is 717. The van der Waals surface area contributed by atoms with Crippen molar-refractivity contribution in [2.24, 2.45) is 0 Å². The number of sulfonamides is 1. The van der Waals surface area contributed by atoms with E-state index in [0.717, 1.165) is 0 Å². The first-order valence-corrected chi connectivity index (χ1v) is 10.9. The normalized spacial score (nSPS) is 17.5. The predicted octanol–water partition coefficient (Wildman–Crippen LogP) is 1.24. The van der Waals surface area contributed by atoms with Crippen LogP contribution in [0.5, 0.6) is 0 Å². The van der Waals surface area contributed by atoms with E-state index >= 15 is 0 Å². The maximum Gasteiger partial charge on any atom is 0.243 e. The van der Waals surface area contributed by atoms with E-state index in [1.165, 1.54) is 28.6 Å². The molecule has 1 aromatic carbocycles. The summed E-state index contributed by atoms with van der Waals surface area (Å²) < 4.78 is 51.4. The third-order valence-corrected chi connectivity index (χ3v) is 8.56. The van der Waals surface area contributed by atoms with Crippen LogP contribution in [0.25, 0.3) is 0 Å². The number of sulfone groups is 1. The van der Waals surface area contributed by atoms with Crippen molar-refractivity contribution in [3.05, 3.63) is 24.3 Å². The number of rotatable bonds is 6. The summed E-state index contributed by atoms with van der Waals surface area (Å²) in [6.45, 7) is 5.70. The van der Waals surface area contributed by atoms with Gasteiger partial charge in [-0.15, -0.1) is 0 Å². The second-order valence-electron chi connectivity index (χ2n) is 5.56. The molecule has 0 bridgehead atoms. The molecule has 1 N–H and O–H groups in total. The number of hydrogen-bond donors (Lipinski definition) is 1. The van der Waals surface area contributed by atoms with Gasteiger partial charge in [-0.1, -0.05) is 13.8 Å². The van der Waals surface area contributed by atoms with Crippen LogP contribution in [0.15, 0.2) is 34.1 Å². The Morgan fingerprint density at radius 3 is 1.91 bits per heavy atom. The Morgan fingerprint density at radius 1 is 0.957 bits per heavy atom. The number of nitrogens with one attached hydrogen (secondary N) is 1. The van der Waals surface area contributed by atoms with Crippen LogP contribution < -0.4 is 5.32 Å². The van der Waals surface area contributed by atoms with Gasteiger partial charge in [0.1, 0.15) is 0 Å².